The Morgan fingerprint density at radius 1 is 1.37 bits per heavy atom. The van der Waals surface area contributed by atoms with Gasteiger partial charge in [-0.3, -0.25) is 10.1 Å². The van der Waals surface area contributed by atoms with Crippen molar-refractivity contribution >= 4 is 27.4 Å². The molecule has 0 saturated heterocycles. The molecule has 1 fully saturated rings. The van der Waals surface area contributed by atoms with E-state index in [1.807, 2.05) is 13.8 Å². The lowest BCUT2D eigenvalue weighted by molar-refractivity contribution is -0.111. The second-order valence-corrected chi connectivity index (χ2v) is 6.35. The Hall–Kier alpha value is -1.36. The summed E-state index contributed by atoms with van der Waals surface area (Å²) in [5, 5.41) is 4.15. The van der Waals surface area contributed by atoms with Crippen molar-refractivity contribution in [2.24, 2.45) is 0 Å². The number of aromatic nitrogens is 1. The molecule has 104 valence electrons. The van der Waals surface area contributed by atoms with E-state index in [1.165, 1.54) is 30.6 Å². The molecule has 0 atom stereocenters. The molecule has 0 unspecified atom stereocenters. The summed E-state index contributed by atoms with van der Waals surface area (Å²) in [4.78, 5) is 16.2. The molecule has 1 aliphatic carbocycles. The third-order valence-electron chi connectivity index (χ3n) is 3.32. The zero-order chi connectivity index (χ0) is 13.8. The number of hydrogen-bond donors (Lipinski definition) is 2. The number of rotatable bonds is 3. The molecule has 1 saturated carbocycles. The average molecular weight is 279 g/mol. The SMILES string of the molecule is CC(C)=CC(=O)Nc1nc(C2CCCCC2)c(N)s1. The molecule has 2 rings (SSSR count). The van der Waals surface area contributed by atoms with Crippen molar-refractivity contribution < 1.29 is 4.79 Å². The molecule has 19 heavy (non-hydrogen) atoms. The predicted molar refractivity (Wildman–Crippen MR) is 80.4 cm³/mol. The van der Waals surface area contributed by atoms with Crippen LogP contribution < -0.4 is 11.1 Å². The van der Waals surface area contributed by atoms with Crippen LogP contribution in [0.5, 0.6) is 0 Å². The molecule has 1 aliphatic rings. The standard InChI is InChI=1S/C14H21N3OS/c1-9(2)8-11(18)16-14-17-12(13(15)19-14)10-6-4-3-5-7-10/h8,10H,3-7,15H2,1-2H3,(H,16,17,18). The van der Waals surface area contributed by atoms with Gasteiger partial charge in [0.2, 0.25) is 5.91 Å². The van der Waals surface area contributed by atoms with Gasteiger partial charge in [-0.1, -0.05) is 36.2 Å². The Bertz CT molecular complexity index is 483. The van der Waals surface area contributed by atoms with E-state index < -0.39 is 0 Å². The minimum absolute atomic E-state index is 0.135. The lowest BCUT2D eigenvalue weighted by Gasteiger charge is -2.19. The average Bonchev–Trinajstić information content (AvgIpc) is 2.70. The molecule has 0 spiro atoms. The fourth-order valence-electron chi connectivity index (χ4n) is 2.47. The number of nitrogen functional groups attached to an aromatic ring is 1. The Balaban J connectivity index is 2.07. The molecule has 0 radical (unpaired) electrons. The molecular weight excluding hydrogens is 258 g/mol. The monoisotopic (exact) mass is 279 g/mol. The van der Waals surface area contributed by atoms with Crippen LogP contribution in [0.3, 0.4) is 0 Å². The van der Waals surface area contributed by atoms with Crippen molar-refractivity contribution in [2.45, 2.75) is 51.9 Å². The van der Waals surface area contributed by atoms with Gasteiger partial charge in [-0.15, -0.1) is 0 Å². The number of carbonyl (C=O) groups is 1. The van der Waals surface area contributed by atoms with Crippen molar-refractivity contribution in [1.82, 2.24) is 4.98 Å². The van der Waals surface area contributed by atoms with Crippen LogP contribution in [0.4, 0.5) is 10.1 Å². The largest absolute Gasteiger partial charge is 0.389 e. The van der Waals surface area contributed by atoms with E-state index in [9.17, 15) is 4.79 Å². The third kappa shape index (κ3) is 3.80. The molecule has 3 N–H and O–H groups in total. The Morgan fingerprint density at radius 2 is 2.05 bits per heavy atom. The second kappa shape index (κ2) is 6.19. The van der Waals surface area contributed by atoms with E-state index >= 15 is 0 Å². The van der Waals surface area contributed by atoms with E-state index in [0.29, 0.717) is 11.0 Å². The van der Waals surface area contributed by atoms with Gasteiger partial charge in [-0.05, 0) is 26.7 Å². The van der Waals surface area contributed by atoms with Gasteiger partial charge in [0.25, 0.3) is 0 Å². The molecule has 0 bridgehead atoms. The molecule has 5 heteroatoms. The molecular formula is C14H21N3OS. The fraction of sp³-hybridized carbons (Fsp3) is 0.571. The smallest absolute Gasteiger partial charge is 0.250 e. The highest BCUT2D eigenvalue weighted by molar-refractivity contribution is 7.19. The van der Waals surface area contributed by atoms with E-state index in [1.54, 1.807) is 6.08 Å². The Morgan fingerprint density at radius 3 is 2.68 bits per heavy atom. The number of nitrogens with two attached hydrogens (primary N) is 1. The van der Waals surface area contributed by atoms with Crippen LogP contribution in [0.1, 0.15) is 57.6 Å². The number of anilines is 2. The molecule has 1 heterocycles. The first-order valence-corrected chi connectivity index (χ1v) is 7.60. The molecule has 1 amide bonds. The summed E-state index contributed by atoms with van der Waals surface area (Å²) < 4.78 is 0. The fourth-order valence-corrected chi connectivity index (χ4v) is 3.29. The van der Waals surface area contributed by atoms with Crippen LogP contribution in [0, 0.1) is 0 Å². The number of nitrogens with zero attached hydrogens (tertiary/aromatic N) is 1. The van der Waals surface area contributed by atoms with Crippen molar-refractivity contribution in [3.63, 3.8) is 0 Å². The molecule has 0 aliphatic heterocycles. The number of hydrogen-bond acceptors (Lipinski definition) is 4. The number of amides is 1. The van der Waals surface area contributed by atoms with Crippen LogP contribution in [0.25, 0.3) is 0 Å². The quantitative estimate of drug-likeness (QED) is 0.829. The van der Waals surface area contributed by atoms with E-state index in [-0.39, 0.29) is 5.91 Å². The van der Waals surface area contributed by atoms with Gasteiger partial charge in [0.05, 0.1) is 5.69 Å². The maximum atomic E-state index is 11.7. The summed E-state index contributed by atoms with van der Waals surface area (Å²) in [5.74, 6) is 0.336. The normalized spacial score (nSPS) is 16.1. The maximum Gasteiger partial charge on any atom is 0.250 e. The van der Waals surface area contributed by atoms with Crippen molar-refractivity contribution in [3.8, 4) is 0 Å². The molecule has 4 nitrogen and oxygen atoms in total. The number of thiazole rings is 1. The number of allylic oxidation sites excluding steroid dienone is 1. The van der Waals surface area contributed by atoms with Gasteiger partial charge in [0.1, 0.15) is 5.00 Å². The number of carbonyl (C=O) groups excluding carboxylic acids is 1. The highest BCUT2D eigenvalue weighted by Crippen LogP contribution is 2.38. The number of nitrogens with one attached hydrogen (secondary N) is 1. The highest BCUT2D eigenvalue weighted by atomic mass is 32.1. The van der Waals surface area contributed by atoms with Crippen LogP contribution in [-0.2, 0) is 4.79 Å². The Kier molecular flexibility index (Phi) is 4.58. The zero-order valence-corrected chi connectivity index (χ0v) is 12.3. The summed E-state index contributed by atoms with van der Waals surface area (Å²) >= 11 is 1.37. The van der Waals surface area contributed by atoms with Gasteiger partial charge >= 0.3 is 0 Å². The second-order valence-electron chi connectivity index (χ2n) is 5.31. The van der Waals surface area contributed by atoms with Crippen LogP contribution in [-0.4, -0.2) is 10.9 Å². The first-order chi connectivity index (χ1) is 9.06. The van der Waals surface area contributed by atoms with Crippen molar-refractivity contribution in [1.29, 1.82) is 0 Å². The molecule has 1 aromatic rings. The summed E-state index contributed by atoms with van der Waals surface area (Å²) in [7, 11) is 0. The lowest BCUT2D eigenvalue weighted by Crippen LogP contribution is -2.09. The van der Waals surface area contributed by atoms with Crippen LogP contribution in [0.2, 0.25) is 0 Å². The topological polar surface area (TPSA) is 68.0 Å². The molecule has 0 aromatic carbocycles. The van der Waals surface area contributed by atoms with Crippen LogP contribution in [0.15, 0.2) is 11.6 Å². The summed E-state index contributed by atoms with van der Waals surface area (Å²) in [6, 6.07) is 0. The van der Waals surface area contributed by atoms with Gasteiger partial charge in [-0.25, -0.2) is 4.98 Å². The summed E-state index contributed by atoms with van der Waals surface area (Å²) in [6.07, 6.45) is 7.70. The van der Waals surface area contributed by atoms with E-state index in [2.05, 4.69) is 10.3 Å². The first-order valence-electron chi connectivity index (χ1n) is 6.78. The molecule has 1 aromatic heterocycles. The lowest BCUT2D eigenvalue weighted by atomic mass is 9.87. The summed E-state index contributed by atoms with van der Waals surface area (Å²) in [5.41, 5.74) is 7.99. The van der Waals surface area contributed by atoms with E-state index in [0.717, 1.165) is 29.1 Å². The summed E-state index contributed by atoms with van der Waals surface area (Å²) in [6.45, 7) is 3.78. The van der Waals surface area contributed by atoms with Gasteiger partial charge in [0, 0.05) is 12.0 Å². The van der Waals surface area contributed by atoms with Crippen LogP contribution >= 0.6 is 11.3 Å². The third-order valence-corrected chi connectivity index (χ3v) is 4.14. The minimum Gasteiger partial charge on any atom is -0.389 e. The van der Waals surface area contributed by atoms with Gasteiger partial charge < -0.3 is 5.73 Å². The van der Waals surface area contributed by atoms with Gasteiger partial charge in [0.15, 0.2) is 5.13 Å². The maximum absolute atomic E-state index is 11.7. The highest BCUT2D eigenvalue weighted by Gasteiger charge is 2.21. The predicted octanol–water partition coefficient (Wildman–Crippen LogP) is 3.68. The minimum atomic E-state index is -0.135. The Labute approximate surface area is 118 Å². The zero-order valence-electron chi connectivity index (χ0n) is 11.5. The van der Waals surface area contributed by atoms with Crippen molar-refractivity contribution in [2.75, 3.05) is 11.1 Å². The first kappa shape index (κ1) is 14.1. The van der Waals surface area contributed by atoms with Crippen molar-refractivity contribution in [3.05, 3.63) is 17.3 Å². The van der Waals surface area contributed by atoms with E-state index in [4.69, 9.17) is 5.73 Å². The van der Waals surface area contributed by atoms with Gasteiger partial charge in [-0.2, -0.15) is 0 Å².